The second kappa shape index (κ2) is 7.38. The van der Waals surface area contributed by atoms with E-state index in [0.717, 1.165) is 19.3 Å². The van der Waals surface area contributed by atoms with Crippen molar-refractivity contribution in [1.29, 1.82) is 0 Å². The molecule has 162 valence electrons. The van der Waals surface area contributed by atoms with Gasteiger partial charge in [-0.3, -0.25) is 0 Å². The molecule has 28 heavy (non-hydrogen) atoms. The van der Waals surface area contributed by atoms with Gasteiger partial charge in [0.2, 0.25) is 5.79 Å². The van der Waals surface area contributed by atoms with Gasteiger partial charge in [-0.25, -0.2) is 4.89 Å². The van der Waals surface area contributed by atoms with Crippen LogP contribution in [0.3, 0.4) is 0 Å². The van der Waals surface area contributed by atoms with Crippen molar-refractivity contribution in [3.63, 3.8) is 0 Å². The molecule has 0 N–H and O–H groups in total. The van der Waals surface area contributed by atoms with E-state index < -0.39 is 11.4 Å². The Kier molecular flexibility index (Phi) is 6.02. The summed E-state index contributed by atoms with van der Waals surface area (Å²) in [5.41, 5.74) is -1.21. The molecule has 0 radical (unpaired) electrons. The Labute approximate surface area is 176 Å². The summed E-state index contributed by atoms with van der Waals surface area (Å²) in [5, 5.41) is 0.00773. The second-order valence-electron chi connectivity index (χ2n) is 10.5. The maximum atomic E-state index is 6.79. The van der Waals surface area contributed by atoms with E-state index in [4.69, 9.17) is 35.4 Å². The Morgan fingerprint density at radius 1 is 0.929 bits per heavy atom. The van der Waals surface area contributed by atoms with Crippen molar-refractivity contribution in [2.75, 3.05) is 7.11 Å². The molecule has 0 amide bonds. The molecule has 1 aliphatic carbocycles. The summed E-state index contributed by atoms with van der Waals surface area (Å²) in [4.78, 5) is 11.7. The molecule has 2 heterocycles. The van der Waals surface area contributed by atoms with Gasteiger partial charge < -0.3 is 14.0 Å². The molecule has 5 nitrogen and oxygen atoms in total. The number of alkyl halides is 1. The minimum absolute atomic E-state index is 0.00773. The molecule has 3 fully saturated rings. The fraction of sp³-hybridized carbons (Fsp3) is 1.00. The standard InChI is InChI=1S/C21H38BClO5/c1-13(2)20(14(3)4)21(24-9,28-27-20)15-10-11-17(23)16(12-15)22-25-18(5,6)19(7,8)26-22/h13-17H,10-12H2,1-9H3. The Balaban J connectivity index is 1.86. The lowest BCUT2D eigenvalue weighted by atomic mass is 9.57. The fourth-order valence-electron chi connectivity index (χ4n) is 5.49. The van der Waals surface area contributed by atoms with Gasteiger partial charge in [0.25, 0.3) is 0 Å². The lowest BCUT2D eigenvalue weighted by Gasteiger charge is -2.62. The maximum Gasteiger partial charge on any atom is 0.462 e. The monoisotopic (exact) mass is 416 g/mol. The van der Waals surface area contributed by atoms with Gasteiger partial charge >= 0.3 is 7.12 Å². The molecule has 2 saturated heterocycles. The SMILES string of the molecule is COC1(C2CCC(Cl)C(B3OC(C)(C)C(C)(C)O3)C2)OOC1(C(C)C)C(C)C. The van der Waals surface area contributed by atoms with Gasteiger partial charge in [-0.15, -0.1) is 11.6 Å². The van der Waals surface area contributed by atoms with Crippen LogP contribution in [0.5, 0.6) is 0 Å². The van der Waals surface area contributed by atoms with Gasteiger partial charge in [0, 0.05) is 24.2 Å². The quantitative estimate of drug-likeness (QED) is 0.349. The summed E-state index contributed by atoms with van der Waals surface area (Å²) in [6, 6.07) is 0. The van der Waals surface area contributed by atoms with Crippen LogP contribution in [-0.4, -0.2) is 42.2 Å². The van der Waals surface area contributed by atoms with Crippen LogP contribution in [0.1, 0.15) is 74.7 Å². The molecule has 7 heteroatoms. The minimum Gasteiger partial charge on any atom is -0.403 e. The first-order valence-electron chi connectivity index (χ1n) is 10.8. The molecule has 1 saturated carbocycles. The third-order valence-electron chi connectivity index (χ3n) is 7.84. The third-order valence-corrected chi connectivity index (χ3v) is 8.38. The highest BCUT2D eigenvalue weighted by molar-refractivity contribution is 6.49. The molecule has 0 aromatic carbocycles. The zero-order valence-corrected chi connectivity index (χ0v) is 19.8. The van der Waals surface area contributed by atoms with Gasteiger partial charge in [0.15, 0.2) is 5.60 Å². The minimum atomic E-state index is -0.770. The Bertz CT molecular complexity index is 553. The predicted octanol–water partition coefficient (Wildman–Crippen LogP) is 5.21. The normalized spacial score (nSPS) is 39.4. The van der Waals surface area contributed by atoms with Gasteiger partial charge in [-0.1, -0.05) is 27.7 Å². The van der Waals surface area contributed by atoms with E-state index in [1.54, 1.807) is 7.11 Å². The van der Waals surface area contributed by atoms with Crippen LogP contribution < -0.4 is 0 Å². The molecule has 0 aromatic rings. The van der Waals surface area contributed by atoms with Crippen molar-refractivity contribution in [3.05, 3.63) is 0 Å². The lowest BCUT2D eigenvalue weighted by Crippen LogP contribution is -2.76. The first-order chi connectivity index (χ1) is 12.8. The number of hydrogen-bond donors (Lipinski definition) is 0. The number of halogens is 1. The third kappa shape index (κ3) is 3.09. The molecule has 4 atom stereocenters. The van der Waals surface area contributed by atoms with E-state index in [1.807, 2.05) is 0 Å². The Morgan fingerprint density at radius 3 is 1.86 bits per heavy atom. The first-order valence-corrected chi connectivity index (χ1v) is 11.2. The van der Waals surface area contributed by atoms with Crippen molar-refractivity contribution in [1.82, 2.24) is 0 Å². The average Bonchev–Trinajstić information content (AvgIpc) is 2.76. The number of methoxy groups -OCH3 is 1. The van der Waals surface area contributed by atoms with E-state index in [-0.39, 0.29) is 47.3 Å². The van der Waals surface area contributed by atoms with E-state index in [0.29, 0.717) is 0 Å². The molecule has 2 aliphatic heterocycles. The zero-order chi connectivity index (χ0) is 21.1. The van der Waals surface area contributed by atoms with Crippen LogP contribution in [0.15, 0.2) is 0 Å². The van der Waals surface area contributed by atoms with E-state index >= 15 is 0 Å². The highest BCUT2D eigenvalue weighted by Gasteiger charge is 2.72. The molecule has 3 aliphatic rings. The van der Waals surface area contributed by atoms with Crippen LogP contribution in [0.2, 0.25) is 5.82 Å². The van der Waals surface area contributed by atoms with Crippen molar-refractivity contribution in [3.8, 4) is 0 Å². The smallest absolute Gasteiger partial charge is 0.403 e. The van der Waals surface area contributed by atoms with E-state index in [1.165, 1.54) is 0 Å². The maximum absolute atomic E-state index is 6.79. The van der Waals surface area contributed by atoms with E-state index in [2.05, 4.69) is 55.4 Å². The molecule has 0 spiro atoms. The van der Waals surface area contributed by atoms with Gasteiger partial charge in [-0.2, -0.15) is 4.89 Å². The molecule has 0 aromatic heterocycles. The summed E-state index contributed by atoms with van der Waals surface area (Å²) >= 11 is 6.79. The Hall–Kier alpha value is 0.155. The van der Waals surface area contributed by atoms with Gasteiger partial charge in [0.05, 0.1) is 11.2 Å². The number of rotatable bonds is 5. The summed E-state index contributed by atoms with van der Waals surface area (Å²) in [7, 11) is 1.41. The van der Waals surface area contributed by atoms with Crippen LogP contribution in [0, 0.1) is 17.8 Å². The van der Waals surface area contributed by atoms with Crippen molar-refractivity contribution in [2.45, 2.75) is 108 Å². The largest absolute Gasteiger partial charge is 0.462 e. The molecular weight excluding hydrogens is 378 g/mol. The average molecular weight is 417 g/mol. The number of ether oxygens (including phenoxy) is 1. The van der Waals surface area contributed by atoms with Crippen molar-refractivity contribution in [2.24, 2.45) is 17.8 Å². The zero-order valence-electron chi connectivity index (χ0n) is 19.0. The van der Waals surface area contributed by atoms with Crippen molar-refractivity contribution < 1.29 is 23.8 Å². The first kappa shape index (κ1) is 22.8. The van der Waals surface area contributed by atoms with Gasteiger partial charge in [-0.05, 0) is 58.8 Å². The predicted molar refractivity (Wildman–Crippen MR) is 111 cm³/mol. The highest BCUT2D eigenvalue weighted by atomic mass is 35.5. The molecule has 0 bridgehead atoms. The summed E-state index contributed by atoms with van der Waals surface area (Å²) in [6.07, 6.45) is 2.63. The molecule has 3 rings (SSSR count). The second-order valence-corrected chi connectivity index (χ2v) is 11.0. The van der Waals surface area contributed by atoms with Gasteiger partial charge in [0.1, 0.15) is 0 Å². The lowest BCUT2D eigenvalue weighted by molar-refractivity contribution is -0.636. The van der Waals surface area contributed by atoms with Crippen LogP contribution in [0.25, 0.3) is 0 Å². The van der Waals surface area contributed by atoms with Crippen LogP contribution >= 0.6 is 11.6 Å². The fourth-order valence-corrected chi connectivity index (χ4v) is 5.84. The molecular formula is C21H38BClO5. The van der Waals surface area contributed by atoms with E-state index in [9.17, 15) is 0 Å². The molecule has 4 unspecified atom stereocenters. The van der Waals surface area contributed by atoms with Crippen LogP contribution in [-0.2, 0) is 23.8 Å². The van der Waals surface area contributed by atoms with Crippen LogP contribution in [0.4, 0.5) is 0 Å². The summed E-state index contributed by atoms with van der Waals surface area (Å²) in [5.74, 6) is -0.0194. The number of hydrogen-bond acceptors (Lipinski definition) is 5. The Morgan fingerprint density at radius 2 is 1.46 bits per heavy atom. The topological polar surface area (TPSA) is 46.2 Å². The highest BCUT2D eigenvalue weighted by Crippen LogP contribution is 2.59. The summed E-state index contributed by atoms with van der Waals surface area (Å²) < 4.78 is 18.8. The van der Waals surface area contributed by atoms with Crippen molar-refractivity contribution >= 4 is 18.7 Å². The summed E-state index contributed by atoms with van der Waals surface area (Å²) in [6.45, 7) is 17.0.